The molecule has 4 rings (SSSR count). The number of pyridine rings is 2. The van der Waals surface area contributed by atoms with Crippen molar-refractivity contribution in [3.63, 3.8) is 0 Å². The van der Waals surface area contributed by atoms with Gasteiger partial charge in [0.25, 0.3) is 5.91 Å². The molecule has 1 aromatic carbocycles. The summed E-state index contributed by atoms with van der Waals surface area (Å²) in [6, 6.07) is 15.7. The second-order valence-corrected chi connectivity index (χ2v) is 8.37. The zero-order chi connectivity index (χ0) is 22.6. The van der Waals surface area contributed by atoms with Crippen LogP contribution in [0.25, 0.3) is 0 Å². The molecular formula is C23H21F3N4OS. The molecule has 1 aliphatic rings. The van der Waals surface area contributed by atoms with Gasteiger partial charge in [-0.25, -0.2) is 9.97 Å². The molecule has 9 heteroatoms. The van der Waals surface area contributed by atoms with Crippen LogP contribution in [0.1, 0.15) is 22.3 Å². The van der Waals surface area contributed by atoms with Gasteiger partial charge in [0.15, 0.2) is 0 Å². The van der Waals surface area contributed by atoms with Gasteiger partial charge in [-0.3, -0.25) is 4.79 Å². The number of benzene rings is 1. The summed E-state index contributed by atoms with van der Waals surface area (Å²) in [5, 5.41) is 0.647. The minimum Gasteiger partial charge on any atom is -0.355 e. The van der Waals surface area contributed by atoms with E-state index in [4.69, 9.17) is 0 Å². The van der Waals surface area contributed by atoms with Gasteiger partial charge in [0, 0.05) is 43.5 Å². The normalized spacial score (nSPS) is 14.8. The molecule has 166 valence electrons. The van der Waals surface area contributed by atoms with E-state index in [1.165, 1.54) is 17.8 Å². The Hall–Kier alpha value is -3.07. The summed E-state index contributed by atoms with van der Waals surface area (Å²) >= 11 is 1.44. The summed E-state index contributed by atoms with van der Waals surface area (Å²) in [7, 11) is 0. The van der Waals surface area contributed by atoms with Gasteiger partial charge < -0.3 is 9.80 Å². The average Bonchev–Trinajstić information content (AvgIpc) is 3.06. The van der Waals surface area contributed by atoms with Crippen LogP contribution in [0, 0.1) is 0 Å². The lowest BCUT2D eigenvalue weighted by atomic mass is 10.2. The smallest absolute Gasteiger partial charge is 0.355 e. The quantitative estimate of drug-likeness (QED) is 0.551. The van der Waals surface area contributed by atoms with Gasteiger partial charge in [-0.15, -0.1) is 0 Å². The number of halogens is 3. The largest absolute Gasteiger partial charge is 0.417 e. The molecule has 1 amide bonds. The van der Waals surface area contributed by atoms with E-state index < -0.39 is 11.7 Å². The van der Waals surface area contributed by atoms with Crippen molar-refractivity contribution < 1.29 is 18.0 Å². The minimum atomic E-state index is -4.41. The van der Waals surface area contributed by atoms with Crippen LogP contribution in [0.5, 0.6) is 0 Å². The second kappa shape index (κ2) is 9.60. The van der Waals surface area contributed by atoms with Gasteiger partial charge in [-0.2, -0.15) is 13.2 Å². The number of carbonyl (C=O) groups excluding carboxylic acids is 1. The molecule has 0 unspecified atom stereocenters. The number of alkyl halides is 3. The molecule has 3 heterocycles. The Bertz CT molecular complexity index is 1060. The van der Waals surface area contributed by atoms with Crippen LogP contribution in [0.2, 0.25) is 0 Å². The molecule has 0 atom stereocenters. The highest BCUT2D eigenvalue weighted by atomic mass is 32.2. The molecule has 1 saturated heterocycles. The Morgan fingerprint density at radius 3 is 2.44 bits per heavy atom. The predicted octanol–water partition coefficient (Wildman–Crippen LogP) is 5.00. The van der Waals surface area contributed by atoms with Crippen LogP contribution in [0.15, 0.2) is 76.9 Å². The van der Waals surface area contributed by atoms with Crippen molar-refractivity contribution in [2.75, 3.05) is 31.1 Å². The van der Waals surface area contributed by atoms with E-state index in [-0.39, 0.29) is 5.91 Å². The van der Waals surface area contributed by atoms with Crippen LogP contribution >= 0.6 is 11.8 Å². The topological polar surface area (TPSA) is 49.3 Å². The minimum absolute atomic E-state index is 0.0984. The Morgan fingerprint density at radius 2 is 1.72 bits per heavy atom. The summed E-state index contributed by atoms with van der Waals surface area (Å²) in [6.45, 7) is 2.11. The number of anilines is 1. The van der Waals surface area contributed by atoms with Crippen LogP contribution < -0.4 is 4.90 Å². The van der Waals surface area contributed by atoms with Crippen molar-refractivity contribution in [1.82, 2.24) is 14.9 Å². The summed E-state index contributed by atoms with van der Waals surface area (Å²) in [5.41, 5.74) is -0.227. The van der Waals surface area contributed by atoms with Gasteiger partial charge in [0.1, 0.15) is 10.8 Å². The van der Waals surface area contributed by atoms with Crippen LogP contribution in [0.3, 0.4) is 0 Å². The van der Waals surface area contributed by atoms with Crippen molar-refractivity contribution in [2.45, 2.75) is 22.5 Å². The van der Waals surface area contributed by atoms with Crippen molar-refractivity contribution in [3.8, 4) is 0 Å². The second-order valence-electron chi connectivity index (χ2n) is 7.31. The summed E-state index contributed by atoms with van der Waals surface area (Å²) in [4.78, 5) is 26.4. The number of hydrogen-bond donors (Lipinski definition) is 0. The molecule has 1 fully saturated rings. The third kappa shape index (κ3) is 5.21. The lowest BCUT2D eigenvalue weighted by molar-refractivity contribution is -0.137. The number of nitrogens with zero attached hydrogens (tertiary/aromatic N) is 4. The van der Waals surface area contributed by atoms with Crippen LogP contribution in [0.4, 0.5) is 19.0 Å². The van der Waals surface area contributed by atoms with Gasteiger partial charge in [0.2, 0.25) is 0 Å². The fourth-order valence-corrected chi connectivity index (χ4v) is 4.39. The first kappa shape index (κ1) is 22.1. The lowest BCUT2D eigenvalue weighted by Gasteiger charge is -2.23. The Labute approximate surface area is 188 Å². The predicted molar refractivity (Wildman–Crippen MR) is 117 cm³/mol. The third-order valence-electron chi connectivity index (χ3n) is 5.14. The van der Waals surface area contributed by atoms with Crippen LogP contribution in [-0.4, -0.2) is 47.0 Å². The molecular weight excluding hydrogens is 437 g/mol. The summed E-state index contributed by atoms with van der Waals surface area (Å²) < 4.78 is 38.4. The van der Waals surface area contributed by atoms with Gasteiger partial charge >= 0.3 is 6.18 Å². The number of aromatic nitrogens is 2. The standard InChI is InChI=1S/C23H21F3N4OS/c24-23(25,26)17-9-10-20(28-16-17)29-12-5-13-30(15-14-29)22(31)19-8-4-11-27-21(19)32-18-6-2-1-3-7-18/h1-4,6-11,16H,5,12-15H2. The van der Waals surface area contributed by atoms with E-state index in [1.807, 2.05) is 35.2 Å². The van der Waals surface area contributed by atoms with Gasteiger partial charge in [-0.05, 0) is 42.8 Å². The van der Waals surface area contributed by atoms with Crippen molar-refractivity contribution >= 4 is 23.5 Å². The number of amides is 1. The maximum atomic E-state index is 13.3. The number of carbonyl (C=O) groups is 1. The maximum absolute atomic E-state index is 13.3. The molecule has 2 aromatic heterocycles. The highest BCUT2D eigenvalue weighted by Gasteiger charge is 2.31. The lowest BCUT2D eigenvalue weighted by Crippen LogP contribution is -2.35. The van der Waals surface area contributed by atoms with Crippen molar-refractivity contribution in [1.29, 1.82) is 0 Å². The van der Waals surface area contributed by atoms with Crippen LogP contribution in [-0.2, 0) is 6.18 Å². The Balaban J connectivity index is 1.45. The first-order valence-corrected chi connectivity index (χ1v) is 11.0. The molecule has 32 heavy (non-hydrogen) atoms. The van der Waals surface area contributed by atoms with Gasteiger partial charge in [-0.1, -0.05) is 30.0 Å². The average molecular weight is 459 g/mol. The maximum Gasteiger partial charge on any atom is 0.417 e. The summed E-state index contributed by atoms with van der Waals surface area (Å²) in [5.74, 6) is 0.382. The fourth-order valence-electron chi connectivity index (χ4n) is 3.50. The molecule has 0 aliphatic carbocycles. The molecule has 0 spiro atoms. The SMILES string of the molecule is O=C(c1cccnc1Sc1ccccc1)N1CCCN(c2ccc(C(F)(F)F)cn2)CC1. The molecule has 0 bridgehead atoms. The number of rotatable bonds is 4. The molecule has 5 nitrogen and oxygen atoms in total. The monoisotopic (exact) mass is 458 g/mol. The zero-order valence-corrected chi connectivity index (χ0v) is 17.9. The van der Waals surface area contributed by atoms with E-state index in [2.05, 4.69) is 9.97 Å². The van der Waals surface area contributed by atoms with Crippen molar-refractivity contribution in [3.05, 3.63) is 78.1 Å². The molecule has 0 radical (unpaired) electrons. The van der Waals surface area contributed by atoms with E-state index >= 15 is 0 Å². The summed E-state index contributed by atoms with van der Waals surface area (Å²) in [6.07, 6.45) is -1.20. The molecule has 1 aliphatic heterocycles. The van der Waals surface area contributed by atoms with E-state index in [1.54, 1.807) is 23.2 Å². The third-order valence-corrected chi connectivity index (χ3v) is 6.17. The van der Waals surface area contributed by atoms with Gasteiger partial charge in [0.05, 0.1) is 11.1 Å². The molecule has 0 saturated carbocycles. The fraction of sp³-hybridized carbons (Fsp3) is 0.261. The van der Waals surface area contributed by atoms with E-state index in [9.17, 15) is 18.0 Å². The number of hydrogen-bond acceptors (Lipinski definition) is 5. The Kier molecular flexibility index (Phi) is 6.64. The zero-order valence-electron chi connectivity index (χ0n) is 17.1. The highest BCUT2D eigenvalue weighted by Crippen LogP contribution is 2.30. The van der Waals surface area contributed by atoms with E-state index in [0.717, 1.165) is 17.2 Å². The first-order valence-electron chi connectivity index (χ1n) is 10.2. The van der Waals surface area contributed by atoms with E-state index in [0.29, 0.717) is 49.0 Å². The van der Waals surface area contributed by atoms with Crippen molar-refractivity contribution in [2.24, 2.45) is 0 Å². The Morgan fingerprint density at radius 1 is 0.906 bits per heavy atom. The molecule has 3 aromatic rings. The highest BCUT2D eigenvalue weighted by molar-refractivity contribution is 7.99. The molecule has 0 N–H and O–H groups in total. The first-order chi connectivity index (χ1) is 15.4.